The summed E-state index contributed by atoms with van der Waals surface area (Å²) in [5.74, 6) is -0.0790. The van der Waals surface area contributed by atoms with Crippen LogP contribution in [0.25, 0.3) is 0 Å². The Morgan fingerprint density at radius 1 is 1.57 bits per heavy atom. The minimum atomic E-state index is -0.350. The van der Waals surface area contributed by atoms with Crippen molar-refractivity contribution in [3.63, 3.8) is 0 Å². The highest BCUT2D eigenvalue weighted by Crippen LogP contribution is 2.19. The van der Waals surface area contributed by atoms with Crippen LogP contribution in [0.5, 0.6) is 0 Å². The summed E-state index contributed by atoms with van der Waals surface area (Å²) in [6.45, 7) is 3.61. The van der Waals surface area contributed by atoms with E-state index < -0.39 is 0 Å². The van der Waals surface area contributed by atoms with Crippen LogP contribution >= 0.6 is 0 Å². The first-order chi connectivity index (χ1) is 6.74. The minimum absolute atomic E-state index is 0.271. The first kappa shape index (κ1) is 11.0. The summed E-state index contributed by atoms with van der Waals surface area (Å²) in [5, 5.41) is 0. The highest BCUT2D eigenvalue weighted by molar-refractivity contribution is 5.82. The molecule has 2 N–H and O–H groups in total. The van der Waals surface area contributed by atoms with E-state index in [1.807, 2.05) is 0 Å². The molecule has 0 amide bonds. The molecule has 80 valence electrons. The van der Waals surface area contributed by atoms with Crippen molar-refractivity contribution >= 4 is 5.97 Å². The molecule has 0 radical (unpaired) electrons. The Morgan fingerprint density at radius 2 is 2.21 bits per heavy atom. The smallest absolute Gasteiger partial charge is 0.332 e. The molecule has 0 bridgehead atoms. The molecular weight excluding hydrogens is 182 g/mol. The van der Waals surface area contributed by atoms with Gasteiger partial charge in [0.2, 0.25) is 0 Å². The van der Waals surface area contributed by atoms with Crippen LogP contribution in [-0.4, -0.2) is 25.8 Å². The molecular formula is C10H17NO3. The molecule has 0 saturated carbocycles. The number of carbonyl (C=O) groups is 1. The third-order valence-electron chi connectivity index (χ3n) is 2.26. The van der Waals surface area contributed by atoms with E-state index in [4.69, 9.17) is 15.2 Å². The molecule has 1 heterocycles. The van der Waals surface area contributed by atoms with Gasteiger partial charge in [0.1, 0.15) is 0 Å². The minimum Gasteiger partial charge on any atom is -0.463 e. The highest BCUT2D eigenvalue weighted by atomic mass is 16.5. The van der Waals surface area contributed by atoms with Crippen LogP contribution in [0.2, 0.25) is 0 Å². The van der Waals surface area contributed by atoms with E-state index in [0.717, 1.165) is 26.1 Å². The van der Waals surface area contributed by atoms with E-state index in [0.29, 0.717) is 12.3 Å². The lowest BCUT2D eigenvalue weighted by atomic mass is 9.96. The Bertz CT molecular complexity index is 219. The molecule has 0 aromatic rings. The van der Waals surface area contributed by atoms with Crippen LogP contribution in [-0.2, 0) is 14.3 Å². The second-order valence-corrected chi connectivity index (χ2v) is 3.28. The molecule has 1 rings (SSSR count). The van der Waals surface area contributed by atoms with Crippen LogP contribution in [0, 0.1) is 5.92 Å². The number of allylic oxidation sites excluding steroid dienone is 1. The normalized spacial score (nSPS) is 19.4. The standard InChI is InChI=1S/C10H17NO3/c1-2-14-10(12)7-9(11)8-3-5-13-6-4-8/h7-8H,2-6,11H2,1H3/b9-7-. The Labute approximate surface area is 84.1 Å². The van der Waals surface area contributed by atoms with Gasteiger partial charge < -0.3 is 15.2 Å². The lowest BCUT2D eigenvalue weighted by molar-refractivity contribution is -0.137. The van der Waals surface area contributed by atoms with E-state index in [9.17, 15) is 4.79 Å². The van der Waals surface area contributed by atoms with Crippen molar-refractivity contribution in [1.29, 1.82) is 0 Å². The maximum absolute atomic E-state index is 11.1. The van der Waals surface area contributed by atoms with Crippen LogP contribution < -0.4 is 5.73 Å². The van der Waals surface area contributed by atoms with Crippen LogP contribution in [0.1, 0.15) is 19.8 Å². The third kappa shape index (κ3) is 3.38. The van der Waals surface area contributed by atoms with Crippen molar-refractivity contribution in [2.75, 3.05) is 19.8 Å². The van der Waals surface area contributed by atoms with Gasteiger partial charge in [0.15, 0.2) is 0 Å². The van der Waals surface area contributed by atoms with E-state index in [-0.39, 0.29) is 11.9 Å². The maximum Gasteiger partial charge on any atom is 0.332 e. The predicted octanol–water partition coefficient (Wildman–Crippen LogP) is 0.819. The monoisotopic (exact) mass is 199 g/mol. The molecule has 1 aliphatic heterocycles. The Kier molecular flexibility index (Phi) is 4.46. The molecule has 0 aromatic heterocycles. The molecule has 0 aromatic carbocycles. The quantitative estimate of drug-likeness (QED) is 0.540. The lowest BCUT2D eigenvalue weighted by Crippen LogP contribution is -2.22. The van der Waals surface area contributed by atoms with E-state index >= 15 is 0 Å². The molecule has 4 heteroatoms. The van der Waals surface area contributed by atoms with Gasteiger partial charge in [-0.05, 0) is 19.8 Å². The molecule has 0 unspecified atom stereocenters. The summed E-state index contributed by atoms with van der Waals surface area (Å²) >= 11 is 0. The van der Waals surface area contributed by atoms with Gasteiger partial charge in [-0.1, -0.05) is 0 Å². The van der Waals surface area contributed by atoms with Gasteiger partial charge in [0, 0.05) is 30.9 Å². The largest absolute Gasteiger partial charge is 0.463 e. The zero-order valence-corrected chi connectivity index (χ0v) is 8.49. The van der Waals surface area contributed by atoms with Gasteiger partial charge in [-0.3, -0.25) is 0 Å². The first-order valence-electron chi connectivity index (χ1n) is 4.95. The van der Waals surface area contributed by atoms with Crippen LogP contribution in [0.4, 0.5) is 0 Å². The molecule has 1 aliphatic rings. The van der Waals surface area contributed by atoms with Gasteiger partial charge in [-0.2, -0.15) is 0 Å². The average Bonchev–Trinajstić information content (AvgIpc) is 2.19. The number of esters is 1. The van der Waals surface area contributed by atoms with E-state index in [2.05, 4.69) is 0 Å². The number of rotatable bonds is 3. The summed E-state index contributed by atoms with van der Waals surface area (Å²) in [5.41, 5.74) is 6.40. The molecule has 1 fully saturated rings. The second-order valence-electron chi connectivity index (χ2n) is 3.28. The van der Waals surface area contributed by atoms with E-state index in [1.165, 1.54) is 6.08 Å². The first-order valence-corrected chi connectivity index (χ1v) is 4.95. The van der Waals surface area contributed by atoms with Crippen molar-refractivity contribution in [2.24, 2.45) is 11.7 Å². The fraction of sp³-hybridized carbons (Fsp3) is 0.700. The SMILES string of the molecule is CCOC(=O)/C=C(\N)C1CCOCC1. The van der Waals surface area contributed by atoms with Crippen LogP contribution in [0.3, 0.4) is 0 Å². The number of hydrogen-bond donors (Lipinski definition) is 1. The van der Waals surface area contributed by atoms with Gasteiger partial charge in [-0.15, -0.1) is 0 Å². The molecule has 0 aliphatic carbocycles. The van der Waals surface area contributed by atoms with Crippen molar-refractivity contribution in [1.82, 2.24) is 0 Å². The summed E-state index contributed by atoms with van der Waals surface area (Å²) in [6, 6.07) is 0. The predicted molar refractivity (Wildman–Crippen MR) is 52.4 cm³/mol. The van der Waals surface area contributed by atoms with E-state index in [1.54, 1.807) is 6.92 Å². The molecule has 0 atom stereocenters. The second kappa shape index (κ2) is 5.65. The van der Waals surface area contributed by atoms with Crippen molar-refractivity contribution in [3.05, 3.63) is 11.8 Å². The lowest BCUT2D eigenvalue weighted by Gasteiger charge is -2.22. The molecule has 0 spiro atoms. The molecule has 1 saturated heterocycles. The summed E-state index contributed by atoms with van der Waals surface area (Å²) in [7, 11) is 0. The van der Waals surface area contributed by atoms with Crippen molar-refractivity contribution in [2.45, 2.75) is 19.8 Å². The topological polar surface area (TPSA) is 61.5 Å². The summed E-state index contributed by atoms with van der Waals surface area (Å²) in [6.07, 6.45) is 3.17. The maximum atomic E-state index is 11.1. The number of hydrogen-bond acceptors (Lipinski definition) is 4. The zero-order chi connectivity index (χ0) is 10.4. The van der Waals surface area contributed by atoms with Gasteiger partial charge >= 0.3 is 5.97 Å². The Hall–Kier alpha value is -1.03. The van der Waals surface area contributed by atoms with Crippen LogP contribution in [0.15, 0.2) is 11.8 Å². The zero-order valence-electron chi connectivity index (χ0n) is 8.49. The van der Waals surface area contributed by atoms with Gasteiger partial charge in [-0.25, -0.2) is 4.79 Å². The van der Waals surface area contributed by atoms with Crippen molar-refractivity contribution in [3.8, 4) is 0 Å². The fourth-order valence-corrected chi connectivity index (χ4v) is 1.47. The molecule has 14 heavy (non-hydrogen) atoms. The van der Waals surface area contributed by atoms with Gasteiger partial charge in [0.05, 0.1) is 6.61 Å². The Balaban J connectivity index is 2.44. The summed E-state index contributed by atoms with van der Waals surface area (Å²) < 4.78 is 9.98. The highest BCUT2D eigenvalue weighted by Gasteiger charge is 2.16. The summed E-state index contributed by atoms with van der Waals surface area (Å²) in [4.78, 5) is 11.1. The Morgan fingerprint density at radius 3 is 2.79 bits per heavy atom. The number of carbonyl (C=O) groups excluding carboxylic acids is 1. The number of nitrogens with two attached hydrogens (primary N) is 1. The third-order valence-corrected chi connectivity index (χ3v) is 2.26. The fourth-order valence-electron chi connectivity index (χ4n) is 1.47. The number of ether oxygens (including phenoxy) is 2. The van der Waals surface area contributed by atoms with Gasteiger partial charge in [0.25, 0.3) is 0 Å². The van der Waals surface area contributed by atoms with Crippen molar-refractivity contribution < 1.29 is 14.3 Å². The average molecular weight is 199 g/mol. The molecule has 4 nitrogen and oxygen atoms in total.